The Hall–Kier alpha value is -1.44. The van der Waals surface area contributed by atoms with Gasteiger partial charge in [-0.25, -0.2) is 8.42 Å². The van der Waals surface area contributed by atoms with Crippen molar-refractivity contribution in [3.63, 3.8) is 0 Å². The van der Waals surface area contributed by atoms with E-state index in [4.69, 9.17) is 0 Å². The summed E-state index contributed by atoms with van der Waals surface area (Å²) < 4.78 is 26.9. The van der Waals surface area contributed by atoms with Crippen LogP contribution in [0.2, 0.25) is 0 Å². The van der Waals surface area contributed by atoms with E-state index in [2.05, 4.69) is 11.0 Å². The second-order valence-corrected chi connectivity index (χ2v) is 10.0. The fourth-order valence-electron chi connectivity index (χ4n) is 4.62. The Morgan fingerprint density at radius 3 is 2.44 bits per heavy atom. The van der Waals surface area contributed by atoms with Gasteiger partial charge in [0.05, 0.1) is 12.3 Å². The van der Waals surface area contributed by atoms with Gasteiger partial charge in [0, 0.05) is 38.4 Å². The predicted octanol–water partition coefficient (Wildman–Crippen LogP) is 1.71. The molecule has 0 N–H and O–H groups in total. The minimum absolute atomic E-state index is 0.113. The summed E-state index contributed by atoms with van der Waals surface area (Å²) in [7, 11) is -3.16. The second kappa shape index (κ2) is 7.89. The third-order valence-electron chi connectivity index (χ3n) is 6.19. The van der Waals surface area contributed by atoms with E-state index in [-0.39, 0.29) is 5.91 Å². The van der Waals surface area contributed by atoms with Gasteiger partial charge in [0.1, 0.15) is 0 Å². The highest BCUT2D eigenvalue weighted by molar-refractivity contribution is 7.89. The highest BCUT2D eigenvalue weighted by Gasteiger charge is 2.32. The molecule has 2 fully saturated rings. The van der Waals surface area contributed by atoms with Crippen LogP contribution >= 0.6 is 0 Å². The normalized spacial score (nSPS) is 22.3. The van der Waals surface area contributed by atoms with Gasteiger partial charge in [-0.15, -0.1) is 0 Å². The summed E-state index contributed by atoms with van der Waals surface area (Å²) in [6.45, 7) is 3.37. The fourth-order valence-corrected chi connectivity index (χ4v) is 6.48. The molecule has 0 radical (unpaired) electrons. The van der Waals surface area contributed by atoms with E-state index in [1.165, 1.54) is 5.56 Å². The SMILES string of the molecule is O=C(CN1CCN(S(=O)(=O)CC2CCCC2)CC1)N1CCc2ccccc21. The van der Waals surface area contributed by atoms with Gasteiger partial charge in [-0.05, 0) is 36.8 Å². The minimum atomic E-state index is -3.16. The first-order chi connectivity index (χ1) is 13.0. The van der Waals surface area contributed by atoms with Crippen molar-refractivity contribution in [1.82, 2.24) is 9.21 Å². The van der Waals surface area contributed by atoms with Crippen LogP contribution in [0.25, 0.3) is 0 Å². The maximum Gasteiger partial charge on any atom is 0.241 e. The van der Waals surface area contributed by atoms with Gasteiger partial charge in [-0.3, -0.25) is 9.69 Å². The zero-order valence-corrected chi connectivity index (χ0v) is 16.7. The summed E-state index contributed by atoms with van der Waals surface area (Å²) in [5.41, 5.74) is 2.26. The highest BCUT2D eigenvalue weighted by atomic mass is 32.2. The topological polar surface area (TPSA) is 60.9 Å². The third-order valence-corrected chi connectivity index (χ3v) is 8.24. The lowest BCUT2D eigenvalue weighted by molar-refractivity contribution is -0.119. The number of hydrogen-bond acceptors (Lipinski definition) is 4. The molecule has 1 aromatic carbocycles. The molecule has 6 nitrogen and oxygen atoms in total. The summed E-state index contributed by atoms with van der Waals surface area (Å²) in [4.78, 5) is 16.7. The van der Waals surface area contributed by atoms with E-state index >= 15 is 0 Å². The Bertz CT molecular complexity index is 781. The van der Waals surface area contributed by atoms with E-state index in [9.17, 15) is 13.2 Å². The molecular formula is C20H29N3O3S. The van der Waals surface area contributed by atoms with Crippen molar-refractivity contribution in [1.29, 1.82) is 0 Å². The molecular weight excluding hydrogens is 362 g/mol. The number of hydrogen-bond donors (Lipinski definition) is 0. The van der Waals surface area contributed by atoms with Crippen LogP contribution in [0.15, 0.2) is 24.3 Å². The highest BCUT2D eigenvalue weighted by Crippen LogP contribution is 2.28. The zero-order chi connectivity index (χ0) is 18.9. The molecule has 0 aromatic heterocycles. The quantitative estimate of drug-likeness (QED) is 0.767. The van der Waals surface area contributed by atoms with Crippen LogP contribution in [0.1, 0.15) is 31.2 Å². The summed E-state index contributed by atoms with van der Waals surface area (Å²) >= 11 is 0. The molecule has 1 aromatic rings. The van der Waals surface area contributed by atoms with E-state index in [0.717, 1.165) is 44.3 Å². The number of benzene rings is 1. The predicted molar refractivity (Wildman–Crippen MR) is 106 cm³/mol. The Kier molecular flexibility index (Phi) is 5.53. The number of carbonyl (C=O) groups excluding carboxylic acids is 1. The Labute approximate surface area is 162 Å². The number of sulfonamides is 1. The van der Waals surface area contributed by atoms with Crippen LogP contribution in [0.3, 0.4) is 0 Å². The number of amides is 1. The molecule has 27 heavy (non-hydrogen) atoms. The van der Waals surface area contributed by atoms with Crippen molar-refractivity contribution in [3.05, 3.63) is 29.8 Å². The van der Waals surface area contributed by atoms with Gasteiger partial charge >= 0.3 is 0 Å². The van der Waals surface area contributed by atoms with Crippen LogP contribution in [0, 0.1) is 5.92 Å². The van der Waals surface area contributed by atoms with E-state index < -0.39 is 10.0 Å². The zero-order valence-electron chi connectivity index (χ0n) is 15.8. The first kappa shape index (κ1) is 18.9. The van der Waals surface area contributed by atoms with Crippen LogP contribution in [0.4, 0.5) is 5.69 Å². The fraction of sp³-hybridized carbons (Fsp3) is 0.650. The van der Waals surface area contributed by atoms with Crippen LogP contribution in [0.5, 0.6) is 0 Å². The molecule has 1 amide bonds. The molecule has 1 aliphatic carbocycles. The van der Waals surface area contributed by atoms with Gasteiger partial charge in [-0.1, -0.05) is 31.0 Å². The molecule has 0 spiro atoms. The number of piperazine rings is 1. The number of fused-ring (bicyclic) bond motifs is 1. The Balaban J connectivity index is 1.29. The molecule has 7 heteroatoms. The summed E-state index contributed by atoms with van der Waals surface area (Å²) in [6, 6.07) is 8.07. The molecule has 2 aliphatic heterocycles. The van der Waals surface area contributed by atoms with Crippen LogP contribution in [-0.4, -0.2) is 68.6 Å². The summed E-state index contributed by atoms with van der Waals surface area (Å²) in [6.07, 6.45) is 5.33. The molecule has 0 unspecified atom stereocenters. The molecule has 0 bridgehead atoms. The standard InChI is InChI=1S/C20H29N3O3S/c24-20(23-10-9-18-7-3-4-8-19(18)23)15-21-11-13-22(14-12-21)27(25,26)16-17-5-1-2-6-17/h3-4,7-8,17H,1-2,5-6,9-16H2. The second-order valence-electron chi connectivity index (χ2n) is 8.03. The van der Waals surface area contributed by atoms with Gasteiger partial charge < -0.3 is 4.90 Å². The lowest BCUT2D eigenvalue weighted by Crippen LogP contribution is -2.52. The largest absolute Gasteiger partial charge is 0.311 e. The van der Waals surface area contributed by atoms with E-state index in [0.29, 0.717) is 44.4 Å². The van der Waals surface area contributed by atoms with Gasteiger partial charge in [0.25, 0.3) is 0 Å². The average molecular weight is 392 g/mol. The number of nitrogens with zero attached hydrogens (tertiary/aromatic N) is 3. The third kappa shape index (κ3) is 4.20. The van der Waals surface area contributed by atoms with Crippen molar-refractivity contribution in [2.24, 2.45) is 5.92 Å². The van der Waals surface area contributed by atoms with Gasteiger partial charge in [0.2, 0.25) is 15.9 Å². The van der Waals surface area contributed by atoms with Crippen LogP contribution < -0.4 is 4.90 Å². The average Bonchev–Trinajstić information content (AvgIpc) is 3.31. The summed E-state index contributed by atoms with van der Waals surface area (Å²) in [5.74, 6) is 0.753. The molecule has 1 saturated carbocycles. The lowest BCUT2D eigenvalue weighted by Gasteiger charge is -2.34. The van der Waals surface area contributed by atoms with Gasteiger partial charge in [0.15, 0.2) is 0 Å². The molecule has 4 rings (SSSR count). The van der Waals surface area contributed by atoms with Crippen molar-refractivity contribution < 1.29 is 13.2 Å². The number of anilines is 1. The van der Waals surface area contributed by atoms with Crippen molar-refractivity contribution in [3.8, 4) is 0 Å². The number of carbonyl (C=O) groups is 1. The smallest absolute Gasteiger partial charge is 0.241 e. The monoisotopic (exact) mass is 391 g/mol. The van der Waals surface area contributed by atoms with Crippen molar-refractivity contribution >= 4 is 21.6 Å². The van der Waals surface area contributed by atoms with Crippen LogP contribution in [-0.2, 0) is 21.2 Å². The lowest BCUT2D eigenvalue weighted by atomic mass is 10.1. The Morgan fingerprint density at radius 2 is 1.70 bits per heavy atom. The Morgan fingerprint density at radius 1 is 1.00 bits per heavy atom. The molecule has 148 valence electrons. The first-order valence-electron chi connectivity index (χ1n) is 10.1. The van der Waals surface area contributed by atoms with E-state index in [1.54, 1.807) is 4.31 Å². The minimum Gasteiger partial charge on any atom is -0.311 e. The first-order valence-corrected chi connectivity index (χ1v) is 11.7. The molecule has 0 atom stereocenters. The molecule has 1 saturated heterocycles. The van der Waals surface area contributed by atoms with Gasteiger partial charge in [-0.2, -0.15) is 4.31 Å². The molecule has 3 aliphatic rings. The molecule has 2 heterocycles. The number of rotatable bonds is 5. The summed E-state index contributed by atoms with van der Waals surface area (Å²) in [5, 5.41) is 0. The number of para-hydroxylation sites is 1. The van der Waals surface area contributed by atoms with Crippen molar-refractivity contribution in [2.45, 2.75) is 32.1 Å². The van der Waals surface area contributed by atoms with Crippen molar-refractivity contribution in [2.75, 3.05) is 49.9 Å². The maximum atomic E-state index is 12.7. The van der Waals surface area contributed by atoms with E-state index in [1.807, 2.05) is 23.1 Å². The maximum absolute atomic E-state index is 12.7.